The number of thiophene rings is 2. The molecule has 0 N–H and O–H groups in total. The van der Waals surface area contributed by atoms with Gasteiger partial charge in [0.1, 0.15) is 0 Å². The molecule has 0 atom stereocenters. The highest BCUT2D eigenvalue weighted by molar-refractivity contribution is 7.16. The van der Waals surface area contributed by atoms with E-state index in [0.29, 0.717) is 0 Å². The fourth-order valence-corrected chi connectivity index (χ4v) is 31.0. The Hall–Kier alpha value is -7.28. The molecule has 0 saturated carbocycles. The van der Waals surface area contributed by atoms with Crippen LogP contribution in [0.3, 0.4) is 0 Å². The SMILES string of the molecule is CCCCCCC1(CCCCCC)c2ccccc2-c2c1c1c(c3c2C(CCCCCC)(CCCCCC)c2cc(-c4ccc(C#Cc5ccc(-c6ccc7c(c6)C(CCCCCC)(CCCCCC)c6c8c(c9c(c6-7)C(CCCCCC)(CCCCCC)c6ccccc6-9)C(CCCCCC)(CCCCCC)c6ccccc6-8)s5)s4)ccc2-3)C(CCCCCC)(CCCCCC)c2ccccc2-1. The fraction of sp³-hybridized carbons (Fsp3) is 0.574. The zero-order valence-electron chi connectivity index (χ0n) is 89.3. The second-order valence-corrected chi connectivity index (χ2v) is 47.2. The first kappa shape index (κ1) is 104. The quantitative estimate of drug-likeness (QED) is 0.0263. The third-order valence-electron chi connectivity index (χ3n) is 35.9. The van der Waals surface area contributed by atoms with Gasteiger partial charge in [-0.05, 0) is 270 Å². The predicted molar refractivity (Wildman–Crippen MR) is 608 cm³/mol. The average Bonchev–Trinajstić information content (AvgIpc) is 1.48. The van der Waals surface area contributed by atoms with Gasteiger partial charge in [-0.15, -0.1) is 22.7 Å². The lowest BCUT2D eigenvalue weighted by atomic mass is 9.63. The molecule has 10 aromatic rings. The Morgan fingerprint density at radius 2 is 0.348 bits per heavy atom. The van der Waals surface area contributed by atoms with Crippen LogP contribution in [0.15, 0.2) is 158 Å². The molecule has 2 heteroatoms. The highest BCUT2D eigenvalue weighted by atomic mass is 32.1. The molecule has 0 nitrogen and oxygen atoms in total. The Morgan fingerprint density at radius 1 is 0.174 bits per heavy atom. The van der Waals surface area contributed by atoms with Crippen LogP contribution >= 0.6 is 22.7 Å². The van der Waals surface area contributed by atoms with Crippen molar-refractivity contribution in [1.29, 1.82) is 0 Å². The van der Waals surface area contributed by atoms with E-state index in [-0.39, 0.29) is 32.5 Å². The minimum Gasteiger partial charge on any atom is -0.127 e. The van der Waals surface area contributed by atoms with Crippen molar-refractivity contribution in [1.82, 2.24) is 0 Å². The van der Waals surface area contributed by atoms with E-state index in [4.69, 9.17) is 0 Å². The van der Waals surface area contributed by atoms with E-state index in [9.17, 15) is 0 Å². The normalized spacial score (nSPS) is 15.2. The topological polar surface area (TPSA) is 0 Å². The van der Waals surface area contributed by atoms with Gasteiger partial charge >= 0.3 is 0 Å². The zero-order valence-corrected chi connectivity index (χ0v) is 90.9. The summed E-state index contributed by atoms with van der Waals surface area (Å²) in [6.45, 7) is 29.1. The van der Waals surface area contributed by atoms with Crippen LogP contribution in [0.25, 0.3) is 87.6 Å². The van der Waals surface area contributed by atoms with Gasteiger partial charge < -0.3 is 0 Å². The molecule has 0 fully saturated rings. The molecule has 0 saturated heterocycles. The second-order valence-electron chi connectivity index (χ2n) is 45.0. The maximum Gasteiger partial charge on any atom is 0.0779 e. The van der Waals surface area contributed by atoms with Crippen molar-refractivity contribution < 1.29 is 0 Å². The van der Waals surface area contributed by atoms with Crippen LogP contribution in [0, 0.1) is 11.8 Å². The van der Waals surface area contributed by atoms with Crippen molar-refractivity contribution in [2.24, 2.45) is 0 Å². The zero-order chi connectivity index (χ0) is 96.0. The van der Waals surface area contributed by atoms with Gasteiger partial charge in [0.15, 0.2) is 0 Å². The van der Waals surface area contributed by atoms with Crippen LogP contribution in [0.4, 0.5) is 0 Å². The van der Waals surface area contributed by atoms with E-state index in [0.717, 1.165) is 9.75 Å². The number of hydrogen-bond acceptors (Lipinski definition) is 2. The molecule has 2 heterocycles. The van der Waals surface area contributed by atoms with Crippen LogP contribution in [-0.4, -0.2) is 0 Å². The molecule has 6 aliphatic carbocycles. The lowest BCUT2D eigenvalue weighted by molar-refractivity contribution is 0.389. The Balaban J connectivity index is 0.858. The van der Waals surface area contributed by atoms with Gasteiger partial charge in [0, 0.05) is 42.2 Å². The van der Waals surface area contributed by atoms with Crippen molar-refractivity contribution in [3.8, 4) is 99.5 Å². The first-order chi connectivity index (χ1) is 68.0. The number of rotatable bonds is 62. The standard InChI is InChI=1S/C136H182S2/c1-13-25-37-57-87-131(88-58-38-26-14-2)113-75-55-51-71-107(113)121-125(131)119-105-69-49-53-73-111(105)133(91-61-41-29-17-5,92-62-42-30-18-6)127(119)123-109-83-77-101(99-115(109)135(129(121)123,95-65-45-33-21-9)96-66-46-34-22-10)117-85-81-103(137-117)79-80-104-82-86-118(138-104)102-78-84-110-116(100-102)136(97-67-47-35-23-11,98-68-48-36-24-12)130-122-108-72-52-56-76-114(108)132(89-59-39-27-15-3,90-60-40-28-16-4)126(122)120-106-70-50-54-74-112(106)134(128(120)124(110)130,93-63-43-31-19-7)94-64-44-32-20-8/h49-56,69-78,81-86,99-100H,13-48,57-68,87-98H2,1-12H3. The van der Waals surface area contributed by atoms with Gasteiger partial charge in [-0.2, -0.15) is 0 Å². The minimum absolute atomic E-state index is 0.0643. The molecule has 0 bridgehead atoms. The Kier molecular flexibility index (Phi) is 37.0. The van der Waals surface area contributed by atoms with E-state index in [2.05, 4.69) is 253 Å². The monoisotopic (exact) mass is 1880 g/mol. The molecule has 0 spiro atoms. The maximum absolute atomic E-state index is 3.93. The van der Waals surface area contributed by atoms with Gasteiger partial charge in [0.2, 0.25) is 0 Å². The maximum atomic E-state index is 3.93. The highest BCUT2D eigenvalue weighted by Gasteiger charge is 2.61. The Morgan fingerprint density at radius 3 is 0.536 bits per heavy atom. The van der Waals surface area contributed by atoms with Gasteiger partial charge in [0.05, 0.1) is 9.75 Å². The molecule has 2 aromatic heterocycles. The first-order valence-corrected chi connectivity index (χ1v) is 60.5. The van der Waals surface area contributed by atoms with Crippen LogP contribution in [-0.2, 0) is 32.5 Å². The Bertz CT molecular complexity index is 5250. The van der Waals surface area contributed by atoms with Crippen LogP contribution in [0.2, 0.25) is 0 Å². The average molecular weight is 1880 g/mol. The summed E-state index contributed by atoms with van der Waals surface area (Å²) in [6.07, 6.45) is 76.4. The number of hydrogen-bond donors (Lipinski definition) is 0. The molecule has 16 rings (SSSR count). The van der Waals surface area contributed by atoms with Gasteiger partial charge in [-0.3, -0.25) is 0 Å². The molecular weight excluding hydrogens is 1700 g/mol. The summed E-state index contributed by atoms with van der Waals surface area (Å²) in [4.78, 5) is 5.04. The third kappa shape index (κ3) is 20.3. The third-order valence-corrected chi connectivity index (χ3v) is 38.0. The molecule has 738 valence electrons. The summed E-state index contributed by atoms with van der Waals surface area (Å²) in [5.41, 5.74) is 42.6. The van der Waals surface area contributed by atoms with Crippen molar-refractivity contribution in [3.63, 3.8) is 0 Å². The van der Waals surface area contributed by atoms with Crippen molar-refractivity contribution in [2.75, 3.05) is 0 Å². The van der Waals surface area contributed by atoms with Crippen LogP contribution in [0.1, 0.15) is 545 Å². The van der Waals surface area contributed by atoms with Crippen LogP contribution < -0.4 is 0 Å². The molecule has 6 aliphatic rings. The van der Waals surface area contributed by atoms with E-state index in [1.807, 2.05) is 22.7 Å². The minimum atomic E-state index is -0.149. The summed E-state index contributed by atoms with van der Waals surface area (Å²) in [7, 11) is 0. The van der Waals surface area contributed by atoms with E-state index in [1.165, 1.54) is 406 Å². The van der Waals surface area contributed by atoms with Gasteiger partial charge in [-0.25, -0.2) is 0 Å². The highest BCUT2D eigenvalue weighted by Crippen LogP contribution is 2.75. The summed E-state index contributed by atoms with van der Waals surface area (Å²) >= 11 is 3.89. The molecule has 0 amide bonds. The largest absolute Gasteiger partial charge is 0.127 e. The van der Waals surface area contributed by atoms with Crippen LogP contribution in [0.5, 0.6) is 0 Å². The first-order valence-electron chi connectivity index (χ1n) is 58.9. The van der Waals surface area contributed by atoms with Crippen molar-refractivity contribution in [2.45, 2.75) is 501 Å². The number of benzene rings is 8. The molecule has 0 radical (unpaired) electrons. The number of fused-ring (bicyclic) bond motifs is 24. The smallest absolute Gasteiger partial charge is 0.0779 e. The van der Waals surface area contributed by atoms with E-state index >= 15 is 0 Å². The summed E-state index contributed by atoms with van der Waals surface area (Å²) in [5, 5.41) is 0. The molecule has 8 aromatic carbocycles. The van der Waals surface area contributed by atoms with Crippen molar-refractivity contribution in [3.05, 3.63) is 234 Å². The van der Waals surface area contributed by atoms with Crippen molar-refractivity contribution >= 4 is 22.7 Å². The van der Waals surface area contributed by atoms with E-state index < -0.39 is 0 Å². The molecule has 0 aliphatic heterocycles. The lowest BCUT2D eigenvalue weighted by Gasteiger charge is -2.39. The van der Waals surface area contributed by atoms with E-state index in [1.54, 1.807) is 134 Å². The second kappa shape index (κ2) is 49.3. The molecule has 138 heavy (non-hydrogen) atoms. The summed E-state index contributed by atoms with van der Waals surface area (Å²) in [6, 6.07) is 67.2. The predicted octanol–water partition coefficient (Wildman–Crippen LogP) is 43.8. The summed E-state index contributed by atoms with van der Waals surface area (Å²) < 4.78 is 0. The Labute approximate surface area is 850 Å². The van der Waals surface area contributed by atoms with Gasteiger partial charge in [-0.1, -0.05) is 513 Å². The summed E-state index contributed by atoms with van der Waals surface area (Å²) in [5.74, 6) is 7.86. The lowest BCUT2D eigenvalue weighted by Crippen LogP contribution is -2.31. The number of unbranched alkanes of at least 4 members (excludes halogenated alkanes) is 36. The molecule has 0 unspecified atom stereocenters. The fourth-order valence-electron chi connectivity index (χ4n) is 29.2. The molecular formula is C136H182S2. The van der Waals surface area contributed by atoms with Gasteiger partial charge in [0.25, 0.3) is 0 Å².